The molecule has 2 heterocycles. The molecule has 0 radical (unpaired) electrons. The summed E-state index contributed by atoms with van der Waals surface area (Å²) in [5.41, 5.74) is 0. The summed E-state index contributed by atoms with van der Waals surface area (Å²) in [5, 5.41) is 1.06. The van der Waals surface area contributed by atoms with E-state index in [1.165, 1.54) is 11.5 Å². The molecule has 2 rings (SSSR count). The van der Waals surface area contributed by atoms with Crippen LogP contribution in [-0.2, 0) is 0 Å². The van der Waals surface area contributed by atoms with Gasteiger partial charge in [-0.15, -0.1) is 0 Å². The minimum atomic E-state index is 0.811. The number of aryl methyl sites for hydroxylation is 1. The molecule has 0 aliphatic rings. The molecule has 0 aliphatic carbocycles. The maximum absolute atomic E-state index is 4.24. The Balaban J connectivity index is 2.91. The fourth-order valence-corrected chi connectivity index (χ4v) is 2.44. The molecule has 2 aromatic rings. The van der Waals surface area contributed by atoms with Gasteiger partial charge in [-0.05, 0) is 41.0 Å². The number of nitrogens with zero attached hydrogens (tertiary/aromatic N) is 3. The van der Waals surface area contributed by atoms with Crippen LogP contribution in [0, 0.1) is 10.6 Å². The summed E-state index contributed by atoms with van der Waals surface area (Å²) in [6, 6.07) is 0. The molecule has 0 unspecified atom stereocenters. The molecule has 0 atom stereocenters. The maximum atomic E-state index is 4.24. The molecular weight excluding hydrogens is 273 g/mol. The zero-order valence-electron chi connectivity index (χ0n) is 5.71. The van der Waals surface area contributed by atoms with E-state index in [9.17, 15) is 0 Å². The minimum Gasteiger partial charge on any atom is -0.226 e. The molecule has 0 saturated heterocycles. The first-order valence-electron chi connectivity index (χ1n) is 3.02. The van der Waals surface area contributed by atoms with Crippen molar-refractivity contribution in [2.24, 2.45) is 0 Å². The summed E-state index contributed by atoms with van der Waals surface area (Å²) in [6.45, 7) is 1.89. The molecule has 11 heavy (non-hydrogen) atoms. The number of hydrogen-bond acceptors (Lipinski definition) is 4. The van der Waals surface area contributed by atoms with Crippen LogP contribution in [0.2, 0.25) is 0 Å². The predicted molar refractivity (Wildman–Crippen MR) is 52.7 cm³/mol. The second kappa shape index (κ2) is 2.63. The first kappa shape index (κ1) is 7.35. The van der Waals surface area contributed by atoms with Gasteiger partial charge in [0.15, 0.2) is 0 Å². The van der Waals surface area contributed by atoms with Crippen molar-refractivity contribution >= 4 is 44.3 Å². The molecule has 0 fully saturated rings. The van der Waals surface area contributed by atoms with Crippen molar-refractivity contribution < 1.29 is 0 Å². The Kier molecular flexibility index (Phi) is 1.76. The summed E-state index contributed by atoms with van der Waals surface area (Å²) in [6.07, 6.45) is 1.81. The van der Waals surface area contributed by atoms with Crippen LogP contribution in [0.3, 0.4) is 0 Å². The van der Waals surface area contributed by atoms with Gasteiger partial charge in [-0.2, -0.15) is 4.37 Å². The molecule has 0 aliphatic heterocycles. The molecule has 0 bridgehead atoms. The Morgan fingerprint density at radius 2 is 2.27 bits per heavy atom. The van der Waals surface area contributed by atoms with Gasteiger partial charge in [0.25, 0.3) is 0 Å². The monoisotopic (exact) mass is 277 g/mol. The van der Waals surface area contributed by atoms with E-state index in [0.29, 0.717) is 0 Å². The average molecular weight is 277 g/mol. The van der Waals surface area contributed by atoms with Crippen LogP contribution < -0.4 is 0 Å². The van der Waals surface area contributed by atoms with Crippen molar-refractivity contribution in [2.45, 2.75) is 6.92 Å². The lowest BCUT2D eigenvalue weighted by molar-refractivity contribution is 1.08. The zero-order valence-corrected chi connectivity index (χ0v) is 8.68. The van der Waals surface area contributed by atoms with Crippen molar-refractivity contribution in [3.05, 3.63) is 15.7 Å². The summed E-state index contributed by atoms with van der Waals surface area (Å²) >= 11 is 3.61. The van der Waals surface area contributed by atoms with E-state index >= 15 is 0 Å². The quantitative estimate of drug-likeness (QED) is 0.546. The number of halogens is 1. The first-order chi connectivity index (χ1) is 5.27. The third-order valence-corrected chi connectivity index (χ3v) is 2.81. The normalized spacial score (nSPS) is 10.7. The van der Waals surface area contributed by atoms with Crippen LogP contribution in [0.4, 0.5) is 0 Å². The third-order valence-electron chi connectivity index (χ3n) is 1.30. The van der Waals surface area contributed by atoms with Gasteiger partial charge in [-0.3, -0.25) is 0 Å². The molecular formula is C6H4IN3S. The highest BCUT2D eigenvalue weighted by Gasteiger charge is 2.03. The Bertz CT molecular complexity index is 398. The molecule has 56 valence electrons. The SMILES string of the molecule is Cc1nc(I)c2cnsc2n1. The van der Waals surface area contributed by atoms with Gasteiger partial charge < -0.3 is 0 Å². The van der Waals surface area contributed by atoms with Crippen LogP contribution >= 0.6 is 34.1 Å². The molecule has 5 heteroatoms. The number of fused-ring (bicyclic) bond motifs is 1. The fourth-order valence-electron chi connectivity index (χ4n) is 0.830. The van der Waals surface area contributed by atoms with Gasteiger partial charge in [0, 0.05) is 0 Å². The fraction of sp³-hybridized carbons (Fsp3) is 0.167. The van der Waals surface area contributed by atoms with Gasteiger partial charge in [-0.25, -0.2) is 9.97 Å². The Labute approximate surface area is 81.2 Å². The second-order valence-electron chi connectivity index (χ2n) is 2.11. The van der Waals surface area contributed by atoms with Gasteiger partial charge in [0.1, 0.15) is 14.4 Å². The average Bonchev–Trinajstić information content (AvgIpc) is 2.34. The maximum Gasteiger partial charge on any atom is 0.148 e. The molecule has 2 aromatic heterocycles. The van der Waals surface area contributed by atoms with E-state index in [1.54, 1.807) is 6.20 Å². The van der Waals surface area contributed by atoms with Crippen LogP contribution in [0.5, 0.6) is 0 Å². The highest BCUT2D eigenvalue weighted by molar-refractivity contribution is 14.1. The molecule has 3 nitrogen and oxygen atoms in total. The van der Waals surface area contributed by atoms with Crippen molar-refractivity contribution in [3.63, 3.8) is 0 Å². The van der Waals surface area contributed by atoms with Crippen LogP contribution in [0.1, 0.15) is 5.82 Å². The number of rotatable bonds is 0. The Morgan fingerprint density at radius 3 is 3.09 bits per heavy atom. The van der Waals surface area contributed by atoms with E-state index < -0.39 is 0 Å². The first-order valence-corrected chi connectivity index (χ1v) is 4.87. The van der Waals surface area contributed by atoms with Crippen LogP contribution in [0.15, 0.2) is 6.20 Å². The largest absolute Gasteiger partial charge is 0.226 e. The molecule has 0 spiro atoms. The Morgan fingerprint density at radius 1 is 1.45 bits per heavy atom. The van der Waals surface area contributed by atoms with Crippen LogP contribution in [-0.4, -0.2) is 14.3 Å². The summed E-state index contributed by atoms with van der Waals surface area (Å²) in [7, 11) is 0. The molecule has 0 saturated carbocycles. The summed E-state index contributed by atoms with van der Waals surface area (Å²) in [5.74, 6) is 0.811. The predicted octanol–water partition coefficient (Wildman–Crippen LogP) is 2.00. The lowest BCUT2D eigenvalue weighted by Gasteiger charge is -1.92. The minimum absolute atomic E-state index is 0.811. The topological polar surface area (TPSA) is 38.7 Å². The standard InChI is InChI=1S/C6H4IN3S/c1-3-9-5(7)4-2-8-11-6(4)10-3/h2H,1H3. The zero-order chi connectivity index (χ0) is 7.84. The molecule has 0 aromatic carbocycles. The molecule has 0 amide bonds. The number of hydrogen-bond donors (Lipinski definition) is 0. The summed E-state index contributed by atoms with van der Waals surface area (Å²) in [4.78, 5) is 9.43. The highest BCUT2D eigenvalue weighted by atomic mass is 127. The van der Waals surface area contributed by atoms with E-state index in [2.05, 4.69) is 36.9 Å². The Hall–Kier alpha value is -0.300. The van der Waals surface area contributed by atoms with Gasteiger partial charge >= 0.3 is 0 Å². The van der Waals surface area contributed by atoms with Gasteiger partial charge in [-0.1, -0.05) is 0 Å². The van der Waals surface area contributed by atoms with Crippen molar-refractivity contribution in [1.29, 1.82) is 0 Å². The van der Waals surface area contributed by atoms with E-state index in [1.807, 2.05) is 6.92 Å². The lowest BCUT2D eigenvalue weighted by Crippen LogP contribution is -1.89. The lowest BCUT2D eigenvalue weighted by atomic mass is 10.4. The summed E-state index contributed by atoms with van der Waals surface area (Å²) < 4.78 is 5.02. The van der Waals surface area contributed by atoms with Crippen LogP contribution in [0.25, 0.3) is 10.2 Å². The van der Waals surface area contributed by atoms with Crippen molar-refractivity contribution in [1.82, 2.24) is 14.3 Å². The van der Waals surface area contributed by atoms with Crippen molar-refractivity contribution in [3.8, 4) is 0 Å². The number of aromatic nitrogens is 3. The molecule has 0 N–H and O–H groups in total. The third kappa shape index (κ3) is 1.22. The van der Waals surface area contributed by atoms with E-state index in [4.69, 9.17) is 0 Å². The highest BCUT2D eigenvalue weighted by Crippen LogP contribution is 2.19. The smallest absolute Gasteiger partial charge is 0.148 e. The van der Waals surface area contributed by atoms with Gasteiger partial charge in [0.2, 0.25) is 0 Å². The second-order valence-corrected chi connectivity index (χ2v) is 3.91. The van der Waals surface area contributed by atoms with Gasteiger partial charge in [0.05, 0.1) is 11.6 Å². The van der Waals surface area contributed by atoms with Crippen molar-refractivity contribution in [2.75, 3.05) is 0 Å². The van der Waals surface area contributed by atoms with E-state index in [0.717, 1.165) is 19.7 Å². The van der Waals surface area contributed by atoms with E-state index in [-0.39, 0.29) is 0 Å².